The number of aryl methyl sites for hydroxylation is 1. The van der Waals surface area contributed by atoms with E-state index in [4.69, 9.17) is 9.84 Å². The molecule has 8 heteroatoms. The smallest absolute Gasteiger partial charge is 0.274 e. The molecular formula is C24H22N6O2. The van der Waals surface area contributed by atoms with Crippen LogP contribution in [-0.4, -0.2) is 48.5 Å². The Labute approximate surface area is 184 Å². The van der Waals surface area contributed by atoms with Gasteiger partial charge < -0.3 is 9.64 Å². The van der Waals surface area contributed by atoms with Crippen LogP contribution in [0.1, 0.15) is 46.3 Å². The minimum absolute atomic E-state index is 0.0184. The second kappa shape index (κ2) is 7.12. The fourth-order valence-electron chi connectivity index (χ4n) is 5.02. The van der Waals surface area contributed by atoms with E-state index in [1.54, 1.807) is 19.5 Å². The highest BCUT2D eigenvalue weighted by Gasteiger charge is 2.44. The van der Waals surface area contributed by atoms with Crippen molar-refractivity contribution in [2.24, 2.45) is 0 Å². The molecule has 2 aliphatic heterocycles. The number of hydrogen-bond donors (Lipinski definition) is 0. The van der Waals surface area contributed by atoms with Crippen molar-refractivity contribution < 1.29 is 9.53 Å². The Kier molecular flexibility index (Phi) is 4.21. The largest absolute Gasteiger partial charge is 0.496 e. The Bertz CT molecular complexity index is 1350. The van der Waals surface area contributed by atoms with Gasteiger partial charge in [-0.3, -0.25) is 9.78 Å². The molecular weight excluding hydrogens is 404 g/mol. The van der Waals surface area contributed by atoms with Crippen molar-refractivity contribution in [1.29, 1.82) is 0 Å². The summed E-state index contributed by atoms with van der Waals surface area (Å²) in [6, 6.07) is 9.93. The van der Waals surface area contributed by atoms with Gasteiger partial charge in [0.05, 0.1) is 36.4 Å². The molecule has 1 saturated heterocycles. The number of benzene rings is 1. The van der Waals surface area contributed by atoms with Gasteiger partial charge in [0.1, 0.15) is 11.4 Å². The normalized spacial score (nSPS) is 19.2. The van der Waals surface area contributed by atoms with Gasteiger partial charge >= 0.3 is 0 Å². The van der Waals surface area contributed by atoms with Crippen molar-refractivity contribution >= 4 is 11.6 Å². The number of aromatic nitrogens is 5. The maximum atomic E-state index is 13.3. The van der Waals surface area contributed by atoms with E-state index in [1.165, 1.54) is 0 Å². The summed E-state index contributed by atoms with van der Waals surface area (Å²) < 4.78 is 7.46. The molecule has 0 unspecified atom stereocenters. The summed E-state index contributed by atoms with van der Waals surface area (Å²) in [5.41, 5.74) is 5.93. The number of para-hydroxylation sites is 1. The number of hydrogen-bond acceptors (Lipinski definition) is 6. The minimum atomic E-state index is -0.0640. The minimum Gasteiger partial charge on any atom is -0.496 e. The van der Waals surface area contributed by atoms with Crippen molar-refractivity contribution in [1.82, 2.24) is 29.5 Å². The van der Waals surface area contributed by atoms with Crippen LogP contribution in [0.15, 0.2) is 48.9 Å². The predicted molar refractivity (Wildman–Crippen MR) is 117 cm³/mol. The molecule has 5 heterocycles. The lowest BCUT2D eigenvalue weighted by atomic mass is 9.98. The third-order valence-corrected chi connectivity index (χ3v) is 6.52. The maximum Gasteiger partial charge on any atom is 0.274 e. The average molecular weight is 426 g/mol. The van der Waals surface area contributed by atoms with Gasteiger partial charge in [-0.25, -0.2) is 14.5 Å². The molecule has 1 fully saturated rings. The zero-order valence-corrected chi connectivity index (χ0v) is 17.9. The van der Waals surface area contributed by atoms with E-state index in [1.807, 2.05) is 52.9 Å². The highest BCUT2D eigenvalue weighted by Crippen LogP contribution is 2.44. The van der Waals surface area contributed by atoms with Gasteiger partial charge in [0, 0.05) is 42.0 Å². The lowest BCUT2D eigenvalue weighted by Crippen LogP contribution is -2.43. The van der Waals surface area contributed by atoms with Gasteiger partial charge in [-0.05, 0) is 31.9 Å². The fraction of sp³-hybridized carbons (Fsp3) is 0.292. The van der Waals surface area contributed by atoms with E-state index >= 15 is 0 Å². The predicted octanol–water partition coefficient (Wildman–Crippen LogP) is 3.41. The van der Waals surface area contributed by atoms with E-state index in [0.29, 0.717) is 5.69 Å². The maximum absolute atomic E-state index is 13.3. The molecule has 0 aliphatic carbocycles. The molecule has 2 aliphatic rings. The van der Waals surface area contributed by atoms with Gasteiger partial charge in [0.15, 0.2) is 5.65 Å². The molecule has 1 amide bonds. The Hall–Kier alpha value is -3.81. The van der Waals surface area contributed by atoms with Crippen LogP contribution in [0.5, 0.6) is 5.75 Å². The summed E-state index contributed by atoms with van der Waals surface area (Å²) in [6.07, 6.45) is 7.72. The van der Waals surface area contributed by atoms with Crippen molar-refractivity contribution in [2.45, 2.75) is 38.3 Å². The van der Waals surface area contributed by atoms with E-state index in [2.05, 4.69) is 15.0 Å². The van der Waals surface area contributed by atoms with Gasteiger partial charge in [-0.15, -0.1) is 0 Å². The third-order valence-electron chi connectivity index (χ3n) is 6.52. The summed E-state index contributed by atoms with van der Waals surface area (Å²) >= 11 is 0. The first kappa shape index (κ1) is 18.9. The Morgan fingerprint density at radius 2 is 1.97 bits per heavy atom. The van der Waals surface area contributed by atoms with Crippen LogP contribution in [0.25, 0.3) is 16.9 Å². The van der Waals surface area contributed by atoms with Crippen LogP contribution in [-0.2, 0) is 6.42 Å². The van der Waals surface area contributed by atoms with Crippen molar-refractivity contribution in [3.8, 4) is 17.0 Å². The molecule has 160 valence electrons. The second-order valence-corrected chi connectivity index (χ2v) is 8.37. The lowest BCUT2D eigenvalue weighted by Gasteiger charge is -2.35. The Balaban J connectivity index is 1.41. The molecule has 0 radical (unpaired) electrons. The number of carbonyl (C=O) groups excluding carboxylic acids is 1. The number of amides is 1. The van der Waals surface area contributed by atoms with Crippen LogP contribution >= 0.6 is 0 Å². The molecule has 3 aromatic heterocycles. The monoisotopic (exact) mass is 426 g/mol. The molecule has 2 bridgehead atoms. The van der Waals surface area contributed by atoms with E-state index in [0.717, 1.165) is 58.9 Å². The van der Waals surface area contributed by atoms with E-state index < -0.39 is 0 Å². The fourth-order valence-corrected chi connectivity index (χ4v) is 5.02. The number of nitrogens with zero attached hydrogens (tertiary/aromatic N) is 6. The molecule has 6 rings (SSSR count). The van der Waals surface area contributed by atoms with Crippen LogP contribution in [0, 0.1) is 6.92 Å². The van der Waals surface area contributed by atoms with Gasteiger partial charge in [0.25, 0.3) is 5.91 Å². The number of carbonyl (C=O) groups is 1. The molecule has 8 nitrogen and oxygen atoms in total. The standard InChI is InChI=1S/C24H22N6O2/c1-14-11-26-19(13-25-14)24(31)29-15-7-8-20(29)17-12-27-23-10-18(28-30(23)21(17)9-15)16-5-3-4-6-22(16)32-2/h3-6,10-13,15,20H,7-9H2,1-2H3/t15-,20-/m1/s1. The summed E-state index contributed by atoms with van der Waals surface area (Å²) in [5.74, 6) is 0.715. The first-order valence-corrected chi connectivity index (χ1v) is 10.8. The van der Waals surface area contributed by atoms with E-state index in [9.17, 15) is 4.79 Å². The van der Waals surface area contributed by atoms with Crippen LogP contribution in [0.4, 0.5) is 0 Å². The van der Waals surface area contributed by atoms with E-state index in [-0.39, 0.29) is 18.0 Å². The molecule has 1 aromatic carbocycles. The molecule has 32 heavy (non-hydrogen) atoms. The Morgan fingerprint density at radius 3 is 2.78 bits per heavy atom. The zero-order chi connectivity index (χ0) is 21.8. The quantitative estimate of drug-likeness (QED) is 0.499. The summed E-state index contributed by atoms with van der Waals surface area (Å²) in [7, 11) is 1.66. The molecule has 2 atom stereocenters. The highest BCUT2D eigenvalue weighted by atomic mass is 16.5. The number of fused-ring (bicyclic) bond motifs is 6. The van der Waals surface area contributed by atoms with Gasteiger partial charge in [-0.2, -0.15) is 5.10 Å². The summed E-state index contributed by atoms with van der Waals surface area (Å²) in [6.45, 7) is 1.86. The topological polar surface area (TPSA) is 85.5 Å². The molecule has 0 N–H and O–H groups in total. The SMILES string of the molecule is COc1ccccc1-c1cc2ncc3c(n2n1)C[C@H]1CC[C@H]3N1C(=O)c1cnc(C)cn1. The van der Waals surface area contributed by atoms with Crippen LogP contribution in [0.3, 0.4) is 0 Å². The number of methoxy groups -OCH3 is 1. The molecule has 0 saturated carbocycles. The average Bonchev–Trinajstić information content (AvgIpc) is 3.40. The highest BCUT2D eigenvalue weighted by molar-refractivity contribution is 5.93. The summed E-state index contributed by atoms with van der Waals surface area (Å²) in [4.78, 5) is 28.5. The van der Waals surface area contributed by atoms with Crippen molar-refractivity contribution in [2.75, 3.05) is 7.11 Å². The summed E-state index contributed by atoms with van der Waals surface area (Å²) in [5, 5.41) is 4.89. The number of ether oxygens (including phenoxy) is 1. The van der Waals surface area contributed by atoms with Gasteiger partial charge in [-0.1, -0.05) is 12.1 Å². The van der Waals surface area contributed by atoms with Crippen molar-refractivity contribution in [3.05, 3.63) is 71.6 Å². The van der Waals surface area contributed by atoms with Crippen LogP contribution < -0.4 is 4.74 Å². The first-order chi connectivity index (χ1) is 15.6. The van der Waals surface area contributed by atoms with Crippen molar-refractivity contribution in [3.63, 3.8) is 0 Å². The lowest BCUT2D eigenvalue weighted by molar-refractivity contribution is 0.0636. The zero-order valence-electron chi connectivity index (χ0n) is 17.9. The Morgan fingerprint density at radius 1 is 1.09 bits per heavy atom. The molecule has 0 spiro atoms. The first-order valence-electron chi connectivity index (χ1n) is 10.8. The molecule has 4 aromatic rings. The van der Waals surface area contributed by atoms with Crippen LogP contribution in [0.2, 0.25) is 0 Å². The number of rotatable bonds is 3. The van der Waals surface area contributed by atoms with Gasteiger partial charge in [0.2, 0.25) is 0 Å². The second-order valence-electron chi connectivity index (χ2n) is 8.37. The third kappa shape index (κ3) is 2.79.